The molecule has 3 nitrogen and oxygen atoms in total. The van der Waals surface area contributed by atoms with E-state index >= 15 is 0 Å². The normalized spacial score (nSPS) is 21.2. The van der Waals surface area contributed by atoms with Gasteiger partial charge in [0.15, 0.2) is 0 Å². The Bertz CT molecular complexity index is 465. The quantitative estimate of drug-likeness (QED) is 0.897. The Morgan fingerprint density at radius 1 is 1.21 bits per heavy atom. The lowest BCUT2D eigenvalue weighted by atomic mass is 10.0. The first-order valence-electron chi connectivity index (χ1n) is 7.31. The zero-order chi connectivity index (χ0) is 13.1. The van der Waals surface area contributed by atoms with Crippen LogP contribution in [0, 0.1) is 11.3 Å². The van der Waals surface area contributed by atoms with Gasteiger partial charge in [-0.3, -0.25) is 0 Å². The van der Waals surface area contributed by atoms with E-state index in [2.05, 4.69) is 22.4 Å². The molecule has 2 fully saturated rings. The minimum Gasteiger partial charge on any atom is -0.310 e. The van der Waals surface area contributed by atoms with Gasteiger partial charge in [0.2, 0.25) is 0 Å². The molecular formula is C16H21N3. The van der Waals surface area contributed by atoms with E-state index in [-0.39, 0.29) is 0 Å². The van der Waals surface area contributed by atoms with Crippen LogP contribution >= 0.6 is 0 Å². The van der Waals surface area contributed by atoms with Crippen molar-refractivity contribution in [2.75, 3.05) is 13.1 Å². The SMILES string of the molecule is N#Cc1cccc(CNC2CCN(C3CC3)CC2)c1. The molecule has 1 saturated heterocycles. The van der Waals surface area contributed by atoms with Crippen molar-refractivity contribution in [3.05, 3.63) is 35.4 Å². The largest absolute Gasteiger partial charge is 0.310 e. The topological polar surface area (TPSA) is 39.1 Å². The zero-order valence-corrected chi connectivity index (χ0v) is 11.3. The van der Waals surface area contributed by atoms with Crippen molar-refractivity contribution in [3.63, 3.8) is 0 Å². The molecule has 0 spiro atoms. The highest BCUT2D eigenvalue weighted by atomic mass is 15.2. The van der Waals surface area contributed by atoms with Gasteiger partial charge in [-0.15, -0.1) is 0 Å². The number of hydrogen-bond donors (Lipinski definition) is 1. The molecule has 1 saturated carbocycles. The van der Waals surface area contributed by atoms with Gasteiger partial charge >= 0.3 is 0 Å². The summed E-state index contributed by atoms with van der Waals surface area (Å²) < 4.78 is 0. The average molecular weight is 255 g/mol. The average Bonchev–Trinajstić information content (AvgIpc) is 3.31. The number of nitrogens with zero attached hydrogens (tertiary/aromatic N) is 2. The lowest BCUT2D eigenvalue weighted by molar-refractivity contribution is 0.189. The third kappa shape index (κ3) is 3.34. The second-order valence-corrected chi connectivity index (χ2v) is 5.73. The van der Waals surface area contributed by atoms with Crippen molar-refractivity contribution in [1.82, 2.24) is 10.2 Å². The molecule has 3 heteroatoms. The van der Waals surface area contributed by atoms with Crippen LogP contribution in [0.25, 0.3) is 0 Å². The fraction of sp³-hybridized carbons (Fsp3) is 0.562. The Morgan fingerprint density at radius 2 is 2.00 bits per heavy atom. The number of nitrogens with one attached hydrogen (secondary N) is 1. The maximum Gasteiger partial charge on any atom is 0.0991 e. The highest BCUT2D eigenvalue weighted by Crippen LogP contribution is 2.29. The summed E-state index contributed by atoms with van der Waals surface area (Å²) in [6.07, 6.45) is 5.35. The summed E-state index contributed by atoms with van der Waals surface area (Å²) in [6.45, 7) is 3.38. The molecule has 0 radical (unpaired) electrons. The van der Waals surface area contributed by atoms with Crippen molar-refractivity contribution >= 4 is 0 Å². The van der Waals surface area contributed by atoms with Crippen molar-refractivity contribution in [2.24, 2.45) is 0 Å². The molecule has 0 unspecified atom stereocenters. The van der Waals surface area contributed by atoms with E-state index in [1.54, 1.807) is 0 Å². The molecule has 1 aliphatic carbocycles. The number of rotatable bonds is 4. The molecule has 1 aromatic rings. The van der Waals surface area contributed by atoms with E-state index in [0.29, 0.717) is 6.04 Å². The molecule has 0 amide bonds. The zero-order valence-electron chi connectivity index (χ0n) is 11.3. The van der Waals surface area contributed by atoms with Crippen LogP contribution in [-0.2, 0) is 6.54 Å². The van der Waals surface area contributed by atoms with Crippen LogP contribution in [-0.4, -0.2) is 30.1 Å². The number of hydrogen-bond acceptors (Lipinski definition) is 3. The first-order valence-corrected chi connectivity index (χ1v) is 7.31. The maximum absolute atomic E-state index is 8.89. The van der Waals surface area contributed by atoms with Gasteiger partial charge in [0.25, 0.3) is 0 Å². The van der Waals surface area contributed by atoms with Gasteiger partial charge < -0.3 is 10.2 Å². The molecule has 1 aromatic carbocycles. The molecule has 0 aromatic heterocycles. The number of piperidine rings is 1. The van der Waals surface area contributed by atoms with E-state index in [0.717, 1.165) is 18.2 Å². The molecule has 1 N–H and O–H groups in total. The molecule has 100 valence electrons. The third-order valence-corrected chi connectivity index (χ3v) is 4.24. The summed E-state index contributed by atoms with van der Waals surface area (Å²) in [5.41, 5.74) is 1.96. The van der Waals surface area contributed by atoms with E-state index < -0.39 is 0 Å². The Morgan fingerprint density at radius 3 is 2.68 bits per heavy atom. The Balaban J connectivity index is 1.46. The minimum absolute atomic E-state index is 0.640. The van der Waals surface area contributed by atoms with E-state index in [4.69, 9.17) is 5.26 Å². The van der Waals surface area contributed by atoms with Crippen LogP contribution in [0.1, 0.15) is 36.8 Å². The van der Waals surface area contributed by atoms with Gasteiger partial charge in [0.05, 0.1) is 11.6 Å². The standard InChI is InChI=1S/C16H21N3/c17-11-13-2-1-3-14(10-13)12-18-15-6-8-19(9-7-15)16-4-5-16/h1-3,10,15-16,18H,4-9,12H2. The van der Waals surface area contributed by atoms with Gasteiger partial charge in [-0.2, -0.15) is 5.26 Å². The van der Waals surface area contributed by atoms with Gasteiger partial charge in [-0.05, 0) is 56.5 Å². The fourth-order valence-electron chi connectivity index (χ4n) is 2.92. The Labute approximate surface area is 115 Å². The summed E-state index contributed by atoms with van der Waals surface area (Å²) in [5.74, 6) is 0. The lowest BCUT2D eigenvalue weighted by Crippen LogP contribution is -2.43. The molecule has 0 bridgehead atoms. The molecule has 1 aliphatic heterocycles. The van der Waals surface area contributed by atoms with Gasteiger partial charge in [-0.25, -0.2) is 0 Å². The first-order chi connectivity index (χ1) is 9.35. The smallest absolute Gasteiger partial charge is 0.0991 e. The first kappa shape index (κ1) is 12.7. The van der Waals surface area contributed by atoms with Crippen LogP contribution in [0.15, 0.2) is 24.3 Å². The summed E-state index contributed by atoms with van der Waals surface area (Å²) >= 11 is 0. The molecule has 1 heterocycles. The van der Waals surface area contributed by atoms with Gasteiger partial charge in [-0.1, -0.05) is 12.1 Å². The maximum atomic E-state index is 8.89. The molecule has 2 aliphatic rings. The van der Waals surface area contributed by atoms with Crippen molar-refractivity contribution < 1.29 is 0 Å². The lowest BCUT2D eigenvalue weighted by Gasteiger charge is -2.32. The Hall–Kier alpha value is -1.37. The second kappa shape index (κ2) is 5.73. The summed E-state index contributed by atoms with van der Waals surface area (Å²) in [4.78, 5) is 2.65. The fourth-order valence-corrected chi connectivity index (χ4v) is 2.92. The van der Waals surface area contributed by atoms with E-state index in [1.165, 1.54) is 44.3 Å². The molecule has 3 rings (SSSR count). The van der Waals surface area contributed by atoms with E-state index in [9.17, 15) is 0 Å². The highest BCUT2D eigenvalue weighted by Gasteiger charge is 2.31. The number of nitriles is 1. The molecule has 19 heavy (non-hydrogen) atoms. The molecule has 0 atom stereocenters. The minimum atomic E-state index is 0.640. The van der Waals surface area contributed by atoms with Gasteiger partial charge in [0.1, 0.15) is 0 Å². The third-order valence-electron chi connectivity index (χ3n) is 4.24. The van der Waals surface area contributed by atoms with Crippen LogP contribution < -0.4 is 5.32 Å². The number of benzene rings is 1. The summed E-state index contributed by atoms with van der Waals surface area (Å²) in [6, 6.07) is 11.6. The number of likely N-dealkylation sites (tertiary alicyclic amines) is 1. The summed E-state index contributed by atoms with van der Waals surface area (Å²) in [7, 11) is 0. The van der Waals surface area contributed by atoms with Crippen LogP contribution in [0.2, 0.25) is 0 Å². The molecular weight excluding hydrogens is 234 g/mol. The van der Waals surface area contributed by atoms with Gasteiger partial charge in [0, 0.05) is 18.6 Å². The Kier molecular flexibility index (Phi) is 3.82. The van der Waals surface area contributed by atoms with Crippen LogP contribution in [0.3, 0.4) is 0 Å². The van der Waals surface area contributed by atoms with Crippen molar-refractivity contribution in [1.29, 1.82) is 5.26 Å². The summed E-state index contributed by atoms with van der Waals surface area (Å²) in [5, 5.41) is 12.5. The van der Waals surface area contributed by atoms with Crippen LogP contribution in [0.4, 0.5) is 0 Å². The highest BCUT2D eigenvalue weighted by molar-refractivity contribution is 5.32. The monoisotopic (exact) mass is 255 g/mol. The predicted molar refractivity (Wildman–Crippen MR) is 75.6 cm³/mol. The second-order valence-electron chi connectivity index (χ2n) is 5.73. The predicted octanol–water partition coefficient (Wildman–Crippen LogP) is 2.27. The van der Waals surface area contributed by atoms with Crippen molar-refractivity contribution in [2.45, 2.75) is 44.3 Å². The van der Waals surface area contributed by atoms with Crippen molar-refractivity contribution in [3.8, 4) is 6.07 Å². The van der Waals surface area contributed by atoms with Crippen LogP contribution in [0.5, 0.6) is 0 Å². The van der Waals surface area contributed by atoms with E-state index in [1.807, 2.05) is 18.2 Å².